The number of carboxylic acid groups (broad SMARTS) is 1. The number of thioether (sulfide) groups is 1. The average molecular weight is 464 g/mol. The number of unbranched alkanes of at least 4 members (excludes halogenated alkanes) is 1. The van der Waals surface area contributed by atoms with E-state index < -0.39 is 59.6 Å². The van der Waals surface area contributed by atoms with Gasteiger partial charge in [-0.25, -0.2) is 0 Å². The second-order valence-electron chi connectivity index (χ2n) is 6.94. The molecule has 12 heteroatoms. The molecule has 1 rings (SSSR count). The summed E-state index contributed by atoms with van der Waals surface area (Å²) in [5.74, 6) is -2.70. The second-order valence-corrected chi connectivity index (χ2v) is 8.15. The monoisotopic (exact) mass is 463 g/mol. The molecule has 0 radical (unpaired) electrons. The number of hydrogen-bond donors (Lipinski definition) is 2. The predicted octanol–water partition coefficient (Wildman–Crippen LogP) is 0.631. The molecule has 0 bridgehead atoms. The summed E-state index contributed by atoms with van der Waals surface area (Å²) in [5, 5.41) is 11.4. The van der Waals surface area contributed by atoms with E-state index >= 15 is 0 Å². The third-order valence-electron chi connectivity index (χ3n) is 4.14. The molecule has 1 saturated heterocycles. The van der Waals surface area contributed by atoms with Gasteiger partial charge in [0.2, 0.25) is 5.91 Å². The van der Waals surface area contributed by atoms with Crippen LogP contribution in [0.5, 0.6) is 0 Å². The second kappa shape index (κ2) is 13.2. The zero-order valence-corrected chi connectivity index (χ0v) is 18.8. The Labute approximate surface area is 184 Å². The Balaban J connectivity index is 3.11. The Morgan fingerprint density at radius 2 is 1.55 bits per heavy atom. The van der Waals surface area contributed by atoms with Crippen LogP contribution in [0.3, 0.4) is 0 Å². The van der Waals surface area contributed by atoms with Crippen LogP contribution in [0.2, 0.25) is 0 Å². The summed E-state index contributed by atoms with van der Waals surface area (Å²) in [6, 6.07) is -0.858. The van der Waals surface area contributed by atoms with E-state index in [-0.39, 0.29) is 13.0 Å². The molecule has 176 valence electrons. The minimum absolute atomic E-state index is 0.0287. The maximum absolute atomic E-state index is 11.8. The molecule has 0 aromatic heterocycles. The maximum atomic E-state index is 11.8. The standard InChI is InChI=1S/C19H29NO10S/c1-10(21)20-16-18(29-13(4)24)17(28-12(3)23)14(9-27-11(2)22)30-19(16)31-8-6-5-7-15(25)26/h14,16-19H,5-9H2,1-4H3,(H,20,21)(H,25,26)/t14-,16-,17+,18-,19-/m1/s1. The SMILES string of the molecule is CC(=O)N[C@@H]1[C@@H](OC(C)=O)[C@@H](OC(C)=O)[C@@H](COC(C)=O)O[C@@H]1SCCCCC(=O)O. The zero-order chi connectivity index (χ0) is 23.6. The molecule has 11 nitrogen and oxygen atoms in total. The summed E-state index contributed by atoms with van der Waals surface area (Å²) < 4.78 is 21.7. The van der Waals surface area contributed by atoms with Gasteiger partial charge in [-0.15, -0.1) is 11.8 Å². The molecule has 5 atom stereocenters. The molecule has 0 aromatic carbocycles. The van der Waals surface area contributed by atoms with Crippen molar-refractivity contribution in [3.05, 3.63) is 0 Å². The normalized spacial score (nSPS) is 25.2. The number of carbonyl (C=O) groups excluding carboxylic acids is 4. The minimum Gasteiger partial charge on any atom is -0.481 e. The third-order valence-corrected chi connectivity index (χ3v) is 5.40. The van der Waals surface area contributed by atoms with Crippen molar-refractivity contribution in [1.82, 2.24) is 5.32 Å². The molecule has 1 amide bonds. The van der Waals surface area contributed by atoms with Crippen molar-refractivity contribution in [3.63, 3.8) is 0 Å². The number of carbonyl (C=O) groups is 5. The molecule has 1 heterocycles. The molecule has 2 N–H and O–H groups in total. The van der Waals surface area contributed by atoms with Gasteiger partial charge < -0.3 is 29.4 Å². The molecule has 0 aromatic rings. The third kappa shape index (κ3) is 10.0. The van der Waals surface area contributed by atoms with Gasteiger partial charge in [-0.1, -0.05) is 0 Å². The Hall–Kier alpha value is -2.34. The summed E-state index contributed by atoms with van der Waals surface area (Å²) in [6.07, 6.45) is -2.10. The fourth-order valence-electron chi connectivity index (χ4n) is 3.01. The number of amides is 1. The van der Waals surface area contributed by atoms with Crippen molar-refractivity contribution >= 4 is 41.5 Å². The van der Waals surface area contributed by atoms with Crippen molar-refractivity contribution in [1.29, 1.82) is 0 Å². The Kier molecular flexibility index (Phi) is 11.3. The number of nitrogens with one attached hydrogen (secondary N) is 1. The molecule has 31 heavy (non-hydrogen) atoms. The van der Waals surface area contributed by atoms with E-state index in [4.69, 9.17) is 24.1 Å². The molecule has 1 aliphatic rings. The molecule has 0 saturated carbocycles. The van der Waals surface area contributed by atoms with Crippen LogP contribution >= 0.6 is 11.8 Å². The molecular weight excluding hydrogens is 434 g/mol. The van der Waals surface area contributed by atoms with Crippen LogP contribution in [0.15, 0.2) is 0 Å². The van der Waals surface area contributed by atoms with Crippen molar-refractivity contribution in [2.24, 2.45) is 0 Å². The smallest absolute Gasteiger partial charge is 0.303 e. The lowest BCUT2D eigenvalue weighted by Crippen LogP contribution is -2.65. The summed E-state index contributed by atoms with van der Waals surface area (Å²) in [4.78, 5) is 57.2. The Morgan fingerprint density at radius 3 is 2.06 bits per heavy atom. The molecule has 0 spiro atoms. The zero-order valence-electron chi connectivity index (χ0n) is 18.0. The van der Waals surface area contributed by atoms with E-state index in [1.54, 1.807) is 0 Å². The lowest BCUT2D eigenvalue weighted by atomic mass is 9.97. The van der Waals surface area contributed by atoms with Crippen molar-refractivity contribution < 1.29 is 48.0 Å². The van der Waals surface area contributed by atoms with Gasteiger partial charge in [-0.2, -0.15) is 0 Å². The number of rotatable bonds is 11. The highest BCUT2D eigenvalue weighted by atomic mass is 32.2. The summed E-state index contributed by atoms with van der Waals surface area (Å²) >= 11 is 1.29. The summed E-state index contributed by atoms with van der Waals surface area (Å²) in [5.41, 5.74) is -0.731. The van der Waals surface area contributed by atoms with Crippen molar-refractivity contribution in [2.45, 2.75) is 76.7 Å². The van der Waals surface area contributed by atoms with E-state index in [0.29, 0.717) is 18.6 Å². The van der Waals surface area contributed by atoms with Crippen LogP contribution in [-0.2, 0) is 42.9 Å². The molecule has 0 aliphatic carbocycles. The summed E-state index contributed by atoms with van der Waals surface area (Å²) in [6.45, 7) is 4.59. The average Bonchev–Trinajstić information content (AvgIpc) is 2.62. The van der Waals surface area contributed by atoms with Crippen molar-refractivity contribution in [3.8, 4) is 0 Å². The van der Waals surface area contributed by atoms with Gasteiger partial charge in [0.15, 0.2) is 12.2 Å². The van der Waals surface area contributed by atoms with Crippen LogP contribution in [0, 0.1) is 0 Å². The van der Waals surface area contributed by atoms with Gasteiger partial charge in [0.25, 0.3) is 0 Å². The maximum Gasteiger partial charge on any atom is 0.303 e. The van der Waals surface area contributed by atoms with Crippen LogP contribution < -0.4 is 5.32 Å². The first-order valence-corrected chi connectivity index (χ1v) is 10.8. The van der Waals surface area contributed by atoms with Crippen molar-refractivity contribution in [2.75, 3.05) is 12.4 Å². The van der Waals surface area contributed by atoms with Gasteiger partial charge in [-0.05, 0) is 18.6 Å². The molecular formula is C19H29NO10S. The van der Waals surface area contributed by atoms with Crippen LogP contribution in [0.1, 0.15) is 47.0 Å². The van der Waals surface area contributed by atoms with E-state index in [1.807, 2.05) is 0 Å². The highest BCUT2D eigenvalue weighted by molar-refractivity contribution is 7.99. The quantitative estimate of drug-likeness (QED) is 0.252. The van der Waals surface area contributed by atoms with E-state index in [1.165, 1.54) is 39.5 Å². The highest BCUT2D eigenvalue weighted by Gasteiger charge is 2.50. The minimum atomic E-state index is -1.12. The Morgan fingerprint density at radius 1 is 0.935 bits per heavy atom. The molecule has 1 fully saturated rings. The number of ether oxygens (including phenoxy) is 4. The fourth-order valence-corrected chi connectivity index (χ4v) is 4.27. The van der Waals surface area contributed by atoms with E-state index in [0.717, 1.165) is 0 Å². The predicted molar refractivity (Wildman–Crippen MR) is 108 cm³/mol. The largest absolute Gasteiger partial charge is 0.481 e. The first-order valence-electron chi connectivity index (χ1n) is 9.75. The fraction of sp³-hybridized carbons (Fsp3) is 0.737. The first kappa shape index (κ1) is 26.7. The van der Waals surface area contributed by atoms with E-state index in [9.17, 15) is 24.0 Å². The first-order chi connectivity index (χ1) is 14.5. The van der Waals surface area contributed by atoms with Gasteiger partial charge in [0, 0.05) is 34.1 Å². The lowest BCUT2D eigenvalue weighted by Gasteiger charge is -2.45. The molecule has 0 unspecified atom stereocenters. The number of carboxylic acids is 1. The number of hydrogen-bond acceptors (Lipinski definition) is 10. The van der Waals surface area contributed by atoms with Crippen LogP contribution in [0.25, 0.3) is 0 Å². The highest BCUT2D eigenvalue weighted by Crippen LogP contribution is 2.33. The van der Waals surface area contributed by atoms with Crippen LogP contribution in [0.4, 0.5) is 0 Å². The lowest BCUT2D eigenvalue weighted by molar-refractivity contribution is -0.211. The van der Waals surface area contributed by atoms with Crippen LogP contribution in [-0.4, -0.2) is 77.0 Å². The Bertz CT molecular complexity index is 670. The summed E-state index contributed by atoms with van der Waals surface area (Å²) in [7, 11) is 0. The molecule has 1 aliphatic heterocycles. The van der Waals surface area contributed by atoms with Gasteiger partial charge >= 0.3 is 23.9 Å². The van der Waals surface area contributed by atoms with Gasteiger partial charge in [-0.3, -0.25) is 24.0 Å². The number of esters is 3. The van der Waals surface area contributed by atoms with E-state index in [2.05, 4.69) is 5.32 Å². The topological polar surface area (TPSA) is 155 Å². The van der Waals surface area contributed by atoms with Gasteiger partial charge in [0.1, 0.15) is 24.2 Å². The number of aliphatic carboxylic acids is 1. The van der Waals surface area contributed by atoms with Gasteiger partial charge in [0.05, 0.1) is 0 Å².